The van der Waals surface area contributed by atoms with E-state index in [0.717, 1.165) is 12.5 Å². The summed E-state index contributed by atoms with van der Waals surface area (Å²) in [5.74, 6) is -3.84. The predicted molar refractivity (Wildman–Crippen MR) is 127 cm³/mol. The summed E-state index contributed by atoms with van der Waals surface area (Å²) in [6.45, 7) is 1.26. The van der Waals surface area contributed by atoms with Gasteiger partial charge in [0.05, 0.1) is 21.8 Å². The van der Waals surface area contributed by atoms with E-state index in [1.807, 2.05) is 6.92 Å². The van der Waals surface area contributed by atoms with Crippen LogP contribution in [0.15, 0.2) is 42.5 Å². The Morgan fingerprint density at radius 1 is 1.06 bits per heavy atom. The SMILES string of the molecule is C[C@@H]1CC[C@H]2C(=O)N(N(CC(=O)c3ccc(Cl)cc3Cl)C(=O)c3ccccc3[N+](=O)[O-])C(=O)[C@@H]2C1. The van der Waals surface area contributed by atoms with Crippen LogP contribution in [-0.2, 0) is 9.59 Å². The normalized spacial score (nSPS) is 21.6. The lowest BCUT2D eigenvalue weighted by atomic mass is 9.76. The Labute approximate surface area is 210 Å². The van der Waals surface area contributed by atoms with Crippen molar-refractivity contribution < 1.29 is 24.1 Å². The maximum Gasteiger partial charge on any atom is 0.282 e. The van der Waals surface area contributed by atoms with Gasteiger partial charge in [-0.05, 0) is 49.4 Å². The maximum absolute atomic E-state index is 13.6. The fraction of sp³-hybridized carbons (Fsp3) is 0.333. The minimum atomic E-state index is -1.01. The molecule has 35 heavy (non-hydrogen) atoms. The van der Waals surface area contributed by atoms with Crippen molar-refractivity contribution in [2.24, 2.45) is 17.8 Å². The lowest BCUT2D eigenvalue weighted by molar-refractivity contribution is -0.385. The topological polar surface area (TPSA) is 118 Å². The Balaban J connectivity index is 1.76. The van der Waals surface area contributed by atoms with E-state index in [1.165, 1.54) is 36.4 Å². The molecule has 1 aliphatic carbocycles. The second-order valence-electron chi connectivity index (χ2n) is 8.80. The summed E-state index contributed by atoms with van der Waals surface area (Å²) in [5.41, 5.74) is -0.831. The number of fused-ring (bicyclic) bond motifs is 1. The third-order valence-corrected chi connectivity index (χ3v) is 7.04. The van der Waals surface area contributed by atoms with Crippen molar-refractivity contribution in [1.29, 1.82) is 0 Å². The summed E-state index contributed by atoms with van der Waals surface area (Å²) in [6.07, 6.45) is 1.72. The zero-order valence-corrected chi connectivity index (χ0v) is 20.2. The van der Waals surface area contributed by atoms with Crippen molar-refractivity contribution in [3.05, 3.63) is 73.8 Å². The van der Waals surface area contributed by atoms with Gasteiger partial charge >= 0.3 is 0 Å². The Morgan fingerprint density at radius 2 is 1.74 bits per heavy atom. The monoisotopic (exact) mass is 517 g/mol. The molecule has 0 N–H and O–H groups in total. The van der Waals surface area contributed by atoms with Crippen molar-refractivity contribution in [2.45, 2.75) is 26.2 Å². The number of carbonyl (C=O) groups excluding carboxylic acids is 4. The number of Topliss-reactive ketones (excluding diaryl/α,β-unsaturated/α-hetero) is 1. The molecular weight excluding hydrogens is 497 g/mol. The molecule has 11 heteroatoms. The molecule has 0 bridgehead atoms. The number of para-hydroxylation sites is 1. The van der Waals surface area contributed by atoms with Crippen LogP contribution in [-0.4, -0.2) is 45.0 Å². The number of hydrogen-bond acceptors (Lipinski definition) is 6. The van der Waals surface area contributed by atoms with E-state index in [2.05, 4.69) is 0 Å². The molecule has 2 aliphatic rings. The summed E-state index contributed by atoms with van der Waals surface area (Å²) in [4.78, 5) is 64.2. The van der Waals surface area contributed by atoms with Gasteiger partial charge in [0.15, 0.2) is 5.78 Å². The largest absolute Gasteiger partial charge is 0.292 e. The van der Waals surface area contributed by atoms with E-state index in [9.17, 15) is 29.3 Å². The average Bonchev–Trinajstić information content (AvgIpc) is 3.06. The molecule has 9 nitrogen and oxygen atoms in total. The van der Waals surface area contributed by atoms with E-state index in [1.54, 1.807) is 0 Å². The van der Waals surface area contributed by atoms with E-state index in [4.69, 9.17) is 23.2 Å². The highest BCUT2D eigenvalue weighted by Gasteiger charge is 2.53. The van der Waals surface area contributed by atoms with Crippen molar-refractivity contribution in [3.8, 4) is 0 Å². The number of nitro benzene ring substituents is 1. The van der Waals surface area contributed by atoms with Gasteiger partial charge in [-0.2, -0.15) is 5.01 Å². The van der Waals surface area contributed by atoms with Crippen LogP contribution in [0.5, 0.6) is 0 Å². The van der Waals surface area contributed by atoms with Crippen LogP contribution in [0.3, 0.4) is 0 Å². The number of benzene rings is 2. The number of rotatable bonds is 6. The molecule has 0 spiro atoms. The number of imide groups is 1. The van der Waals surface area contributed by atoms with Crippen molar-refractivity contribution in [2.75, 3.05) is 6.54 Å². The number of amides is 3. The first-order valence-corrected chi connectivity index (χ1v) is 11.8. The number of halogens is 2. The molecule has 2 aromatic carbocycles. The van der Waals surface area contributed by atoms with Gasteiger partial charge < -0.3 is 0 Å². The molecule has 1 saturated carbocycles. The van der Waals surface area contributed by atoms with Gasteiger partial charge in [0, 0.05) is 16.7 Å². The van der Waals surface area contributed by atoms with Gasteiger partial charge in [-0.3, -0.25) is 29.3 Å². The molecule has 2 aromatic rings. The van der Waals surface area contributed by atoms with Gasteiger partial charge in [-0.1, -0.05) is 42.3 Å². The Morgan fingerprint density at radius 3 is 2.43 bits per heavy atom. The number of hydrogen-bond donors (Lipinski definition) is 0. The summed E-state index contributed by atoms with van der Waals surface area (Å²) >= 11 is 12.1. The first-order chi connectivity index (χ1) is 16.6. The van der Waals surface area contributed by atoms with Crippen LogP contribution in [0, 0.1) is 27.9 Å². The number of nitro groups is 1. The maximum atomic E-state index is 13.6. The molecule has 3 amide bonds. The van der Waals surface area contributed by atoms with Crippen LogP contribution in [0.4, 0.5) is 5.69 Å². The second kappa shape index (κ2) is 9.75. The van der Waals surface area contributed by atoms with Gasteiger partial charge in [-0.25, -0.2) is 5.01 Å². The van der Waals surface area contributed by atoms with E-state index >= 15 is 0 Å². The number of hydrazine groups is 1. The van der Waals surface area contributed by atoms with Crippen LogP contribution in [0.1, 0.15) is 46.9 Å². The molecule has 2 fully saturated rings. The minimum Gasteiger partial charge on any atom is -0.292 e. The lowest BCUT2D eigenvalue weighted by Gasteiger charge is -2.30. The quantitative estimate of drug-likeness (QED) is 0.240. The van der Waals surface area contributed by atoms with Crippen molar-refractivity contribution >= 4 is 52.4 Å². The first-order valence-electron chi connectivity index (χ1n) is 11.0. The number of ketones is 1. The van der Waals surface area contributed by atoms with Crippen molar-refractivity contribution in [3.63, 3.8) is 0 Å². The first kappa shape index (κ1) is 24.8. The average molecular weight is 518 g/mol. The van der Waals surface area contributed by atoms with Gasteiger partial charge in [0.25, 0.3) is 23.4 Å². The highest BCUT2D eigenvalue weighted by Crippen LogP contribution is 2.41. The molecule has 3 atom stereocenters. The molecule has 0 unspecified atom stereocenters. The Hall–Kier alpha value is -3.30. The van der Waals surface area contributed by atoms with E-state index in [0.29, 0.717) is 27.9 Å². The molecule has 182 valence electrons. The van der Waals surface area contributed by atoms with E-state index < -0.39 is 52.5 Å². The third kappa shape index (κ3) is 4.66. The number of carbonyl (C=O) groups is 4. The third-order valence-electron chi connectivity index (χ3n) is 6.50. The number of nitrogens with zero attached hydrogens (tertiary/aromatic N) is 3. The molecular formula is C24H21Cl2N3O6. The molecule has 1 heterocycles. The van der Waals surface area contributed by atoms with Gasteiger partial charge in [-0.15, -0.1) is 0 Å². The zero-order valence-electron chi connectivity index (χ0n) is 18.6. The fourth-order valence-electron chi connectivity index (χ4n) is 4.73. The van der Waals surface area contributed by atoms with Crippen molar-refractivity contribution in [1.82, 2.24) is 10.0 Å². The smallest absolute Gasteiger partial charge is 0.282 e. The van der Waals surface area contributed by atoms with Gasteiger partial charge in [0.2, 0.25) is 0 Å². The summed E-state index contributed by atoms with van der Waals surface area (Å²) in [6, 6.07) is 9.33. The summed E-state index contributed by atoms with van der Waals surface area (Å²) in [5, 5.41) is 13.3. The van der Waals surface area contributed by atoms with Crippen LogP contribution in [0.2, 0.25) is 10.0 Å². The predicted octanol–water partition coefficient (Wildman–Crippen LogP) is 4.56. The lowest BCUT2D eigenvalue weighted by Crippen LogP contribution is -2.52. The van der Waals surface area contributed by atoms with Crippen LogP contribution in [0.25, 0.3) is 0 Å². The minimum absolute atomic E-state index is 0.0292. The summed E-state index contributed by atoms with van der Waals surface area (Å²) in [7, 11) is 0. The highest BCUT2D eigenvalue weighted by molar-refractivity contribution is 6.37. The zero-order chi connectivity index (χ0) is 25.4. The second-order valence-corrected chi connectivity index (χ2v) is 9.65. The standard InChI is InChI=1S/C24H21Cl2N3O6/c1-13-6-8-15-18(10-13)24(33)28(23(15)32)27(12-21(30)16-9-7-14(25)11-19(16)26)22(31)17-4-2-3-5-20(17)29(34)35/h2-5,7,9,11,13,15,18H,6,8,10,12H2,1H3/t13-,15-,18-/m1/s1. The Kier molecular flexibility index (Phi) is 6.91. The fourth-order valence-corrected chi connectivity index (χ4v) is 5.25. The van der Waals surface area contributed by atoms with Crippen LogP contribution < -0.4 is 0 Å². The summed E-state index contributed by atoms with van der Waals surface area (Å²) < 4.78 is 0. The molecule has 0 radical (unpaired) electrons. The molecule has 1 aliphatic heterocycles. The molecule has 1 saturated heterocycles. The molecule has 0 aromatic heterocycles. The van der Waals surface area contributed by atoms with Crippen LogP contribution >= 0.6 is 23.2 Å². The Bertz CT molecular complexity index is 1250. The van der Waals surface area contributed by atoms with E-state index in [-0.39, 0.29) is 22.1 Å². The highest BCUT2D eigenvalue weighted by atomic mass is 35.5. The molecule has 4 rings (SSSR count). The van der Waals surface area contributed by atoms with Gasteiger partial charge in [0.1, 0.15) is 12.1 Å².